The molecular weight excluding hydrogens is 312 g/mol. The molecule has 0 spiro atoms. The van der Waals surface area contributed by atoms with E-state index < -0.39 is 24.1 Å². The molecule has 0 aliphatic heterocycles. The normalized spacial score (nSPS) is 11.3. The maximum absolute atomic E-state index is 12.3. The van der Waals surface area contributed by atoms with Crippen LogP contribution in [0.25, 0.3) is 10.8 Å². The molecule has 7 nitrogen and oxygen atoms in total. The highest BCUT2D eigenvalue weighted by molar-refractivity contribution is 6.02. The first-order valence-electron chi connectivity index (χ1n) is 7.61. The summed E-state index contributed by atoms with van der Waals surface area (Å²) < 4.78 is 11.3. The Balaban J connectivity index is 2.28. The molecular formula is C17H20N2O5. The molecule has 0 aliphatic rings. The second kappa shape index (κ2) is 6.82. The molecule has 7 heteroatoms. The summed E-state index contributed by atoms with van der Waals surface area (Å²) in [5, 5.41) is 4.81. The van der Waals surface area contributed by atoms with Gasteiger partial charge in [0, 0.05) is 11.9 Å². The molecule has 0 atom stereocenters. The molecule has 2 aromatic rings. The predicted molar refractivity (Wildman–Crippen MR) is 87.8 cm³/mol. The smallest absolute Gasteiger partial charge is 0.360 e. The summed E-state index contributed by atoms with van der Waals surface area (Å²) in [5.74, 6) is -1.43. The van der Waals surface area contributed by atoms with E-state index in [-0.39, 0.29) is 11.3 Å². The highest BCUT2D eigenvalue weighted by Gasteiger charge is 2.21. The molecule has 2 rings (SSSR count). The van der Waals surface area contributed by atoms with E-state index in [1.807, 2.05) is 0 Å². The monoisotopic (exact) mass is 332 g/mol. The molecule has 0 fully saturated rings. The van der Waals surface area contributed by atoms with Crippen molar-refractivity contribution in [1.82, 2.24) is 9.78 Å². The highest BCUT2D eigenvalue weighted by Crippen LogP contribution is 2.14. The Labute approximate surface area is 139 Å². The molecule has 0 bridgehead atoms. The second-order valence-electron chi connectivity index (χ2n) is 6.18. The van der Waals surface area contributed by atoms with E-state index >= 15 is 0 Å². The first-order chi connectivity index (χ1) is 11.2. The number of benzene rings is 1. The molecule has 0 saturated heterocycles. The minimum atomic E-state index is -0.778. The lowest BCUT2D eigenvalue weighted by Gasteiger charge is -2.19. The van der Waals surface area contributed by atoms with Gasteiger partial charge in [0.2, 0.25) is 0 Å². The molecule has 1 aromatic carbocycles. The van der Waals surface area contributed by atoms with Crippen LogP contribution < -0.4 is 5.56 Å². The molecule has 24 heavy (non-hydrogen) atoms. The van der Waals surface area contributed by atoms with Crippen LogP contribution in [0.2, 0.25) is 0 Å². The third-order valence-electron chi connectivity index (χ3n) is 3.10. The summed E-state index contributed by atoms with van der Waals surface area (Å²) in [5.41, 5.74) is -0.948. The standard InChI is InChI=1S/C17H20N2O5/c1-5-19-15(21)12-9-7-6-8-11(12)14(18-19)16(22)23-10-13(20)24-17(2,3)4/h6-9H,5,10H2,1-4H3. The van der Waals surface area contributed by atoms with Crippen molar-refractivity contribution in [3.8, 4) is 0 Å². The lowest BCUT2D eigenvalue weighted by atomic mass is 10.1. The summed E-state index contributed by atoms with van der Waals surface area (Å²) in [7, 11) is 0. The van der Waals surface area contributed by atoms with Crippen molar-refractivity contribution in [2.45, 2.75) is 39.8 Å². The fourth-order valence-electron chi connectivity index (χ4n) is 2.16. The third-order valence-corrected chi connectivity index (χ3v) is 3.10. The topological polar surface area (TPSA) is 87.5 Å². The van der Waals surface area contributed by atoms with Crippen LogP contribution in [0.5, 0.6) is 0 Å². The summed E-state index contributed by atoms with van der Waals surface area (Å²) in [6.07, 6.45) is 0. The van der Waals surface area contributed by atoms with Crippen LogP contribution in [0, 0.1) is 0 Å². The van der Waals surface area contributed by atoms with Gasteiger partial charge in [-0.15, -0.1) is 0 Å². The van der Waals surface area contributed by atoms with Crippen LogP contribution in [0.4, 0.5) is 0 Å². The zero-order valence-electron chi connectivity index (χ0n) is 14.2. The number of hydrogen-bond donors (Lipinski definition) is 0. The van der Waals surface area contributed by atoms with Crippen molar-refractivity contribution in [2.75, 3.05) is 6.61 Å². The van der Waals surface area contributed by atoms with Gasteiger partial charge in [0.25, 0.3) is 5.56 Å². The van der Waals surface area contributed by atoms with Crippen molar-refractivity contribution < 1.29 is 19.1 Å². The van der Waals surface area contributed by atoms with E-state index in [1.165, 1.54) is 4.68 Å². The molecule has 0 aliphatic carbocycles. The van der Waals surface area contributed by atoms with Gasteiger partial charge in [-0.05, 0) is 33.8 Å². The number of aryl methyl sites for hydroxylation is 1. The van der Waals surface area contributed by atoms with Crippen molar-refractivity contribution in [2.24, 2.45) is 0 Å². The van der Waals surface area contributed by atoms with Crippen molar-refractivity contribution in [1.29, 1.82) is 0 Å². The Morgan fingerprint density at radius 2 is 1.79 bits per heavy atom. The largest absolute Gasteiger partial charge is 0.457 e. The number of aromatic nitrogens is 2. The van der Waals surface area contributed by atoms with Crippen molar-refractivity contribution in [3.05, 3.63) is 40.3 Å². The van der Waals surface area contributed by atoms with Gasteiger partial charge in [-0.2, -0.15) is 5.10 Å². The number of nitrogens with zero attached hydrogens (tertiary/aromatic N) is 2. The van der Waals surface area contributed by atoms with Gasteiger partial charge < -0.3 is 9.47 Å². The number of rotatable bonds is 4. The van der Waals surface area contributed by atoms with Crippen molar-refractivity contribution in [3.63, 3.8) is 0 Å². The van der Waals surface area contributed by atoms with Gasteiger partial charge in [-0.1, -0.05) is 18.2 Å². The van der Waals surface area contributed by atoms with Crippen LogP contribution in [0.1, 0.15) is 38.2 Å². The van der Waals surface area contributed by atoms with Crippen molar-refractivity contribution >= 4 is 22.7 Å². The zero-order chi connectivity index (χ0) is 17.9. The summed E-state index contributed by atoms with van der Waals surface area (Å²) in [6.45, 7) is 6.71. The molecule has 0 unspecified atom stereocenters. The van der Waals surface area contributed by atoms with Crippen LogP contribution >= 0.6 is 0 Å². The summed E-state index contributed by atoms with van der Waals surface area (Å²) in [4.78, 5) is 36.2. The zero-order valence-corrected chi connectivity index (χ0v) is 14.2. The molecule has 0 amide bonds. The average Bonchev–Trinajstić information content (AvgIpc) is 2.51. The van der Waals surface area contributed by atoms with Gasteiger partial charge in [-0.3, -0.25) is 4.79 Å². The number of fused-ring (bicyclic) bond motifs is 1. The van der Waals surface area contributed by atoms with Crippen LogP contribution in [-0.2, 0) is 20.8 Å². The Kier molecular flexibility index (Phi) is 5.02. The Morgan fingerprint density at radius 1 is 1.17 bits per heavy atom. The van der Waals surface area contributed by atoms with Gasteiger partial charge in [0.05, 0.1) is 5.39 Å². The Morgan fingerprint density at radius 3 is 2.38 bits per heavy atom. The van der Waals surface area contributed by atoms with E-state index in [9.17, 15) is 14.4 Å². The minimum absolute atomic E-state index is 0.00407. The van der Waals surface area contributed by atoms with Gasteiger partial charge in [0.15, 0.2) is 12.3 Å². The van der Waals surface area contributed by atoms with E-state index in [0.717, 1.165) is 0 Å². The second-order valence-corrected chi connectivity index (χ2v) is 6.18. The maximum atomic E-state index is 12.3. The SMILES string of the molecule is CCn1nc(C(=O)OCC(=O)OC(C)(C)C)c2ccccc2c1=O. The molecule has 0 N–H and O–H groups in total. The maximum Gasteiger partial charge on any atom is 0.360 e. The number of hydrogen-bond acceptors (Lipinski definition) is 6. The summed E-state index contributed by atoms with van der Waals surface area (Å²) >= 11 is 0. The van der Waals surface area contributed by atoms with E-state index in [4.69, 9.17) is 9.47 Å². The third kappa shape index (κ3) is 3.98. The predicted octanol–water partition coefficient (Wildman–Crippen LogP) is 1.91. The molecule has 1 heterocycles. The molecule has 1 aromatic heterocycles. The average molecular weight is 332 g/mol. The fraction of sp³-hybridized carbons (Fsp3) is 0.412. The van der Waals surface area contributed by atoms with Crippen LogP contribution in [0.15, 0.2) is 29.1 Å². The molecule has 128 valence electrons. The van der Waals surface area contributed by atoms with Crippen LogP contribution in [-0.4, -0.2) is 33.9 Å². The minimum Gasteiger partial charge on any atom is -0.457 e. The van der Waals surface area contributed by atoms with Gasteiger partial charge in [0.1, 0.15) is 5.60 Å². The van der Waals surface area contributed by atoms with Gasteiger partial charge in [-0.25, -0.2) is 14.3 Å². The summed E-state index contributed by atoms with van der Waals surface area (Å²) in [6, 6.07) is 6.65. The Hall–Kier alpha value is -2.70. The molecule has 0 radical (unpaired) electrons. The van der Waals surface area contributed by atoms with Gasteiger partial charge >= 0.3 is 11.9 Å². The first kappa shape index (κ1) is 17.7. The lowest BCUT2D eigenvalue weighted by molar-refractivity contribution is -0.158. The number of ether oxygens (including phenoxy) is 2. The van der Waals surface area contributed by atoms with E-state index in [0.29, 0.717) is 17.3 Å². The quantitative estimate of drug-likeness (QED) is 0.795. The lowest BCUT2D eigenvalue weighted by Crippen LogP contribution is -2.29. The van der Waals surface area contributed by atoms with E-state index in [2.05, 4.69) is 5.10 Å². The number of carbonyl (C=O) groups is 2. The number of esters is 2. The molecule has 0 saturated carbocycles. The Bertz CT molecular complexity index is 833. The number of carbonyl (C=O) groups excluding carboxylic acids is 2. The van der Waals surface area contributed by atoms with E-state index in [1.54, 1.807) is 52.0 Å². The highest BCUT2D eigenvalue weighted by atomic mass is 16.6. The first-order valence-corrected chi connectivity index (χ1v) is 7.61. The van der Waals surface area contributed by atoms with Crippen LogP contribution in [0.3, 0.4) is 0 Å². The fourth-order valence-corrected chi connectivity index (χ4v) is 2.16.